The Hall–Kier alpha value is -0.440. The first-order chi connectivity index (χ1) is 8.19. The van der Waals surface area contributed by atoms with Gasteiger partial charge in [0.25, 0.3) is 0 Å². The minimum atomic E-state index is 0.0490. The summed E-state index contributed by atoms with van der Waals surface area (Å²) in [4.78, 5) is 2.31. The topological polar surface area (TPSA) is 15.3 Å². The second-order valence-corrected chi connectivity index (χ2v) is 7.19. The van der Waals surface area contributed by atoms with E-state index in [1.165, 1.54) is 0 Å². The molecule has 0 atom stereocenters. The fourth-order valence-corrected chi connectivity index (χ4v) is 3.31. The van der Waals surface area contributed by atoms with Gasteiger partial charge < -0.3 is 10.2 Å². The third-order valence-electron chi connectivity index (χ3n) is 3.10. The Labute approximate surface area is 119 Å². The van der Waals surface area contributed by atoms with Crippen molar-refractivity contribution in [3.8, 4) is 0 Å². The first-order valence-electron chi connectivity index (χ1n) is 6.18. The summed E-state index contributed by atoms with van der Waals surface area (Å²) < 4.78 is 0. The second kappa shape index (κ2) is 4.59. The normalized spacial score (nSPS) is 22.0. The number of hydrogen-bond donors (Lipinski definition) is 1. The maximum atomic E-state index is 6.30. The third-order valence-corrected chi connectivity index (χ3v) is 3.65. The molecule has 0 spiro atoms. The molecule has 0 unspecified atom stereocenters. The number of benzene rings is 1. The number of piperazine rings is 1. The van der Waals surface area contributed by atoms with Crippen molar-refractivity contribution in [3.63, 3.8) is 0 Å². The molecule has 0 bridgehead atoms. The van der Waals surface area contributed by atoms with Crippen LogP contribution >= 0.6 is 23.2 Å². The van der Waals surface area contributed by atoms with Gasteiger partial charge in [0.15, 0.2) is 0 Å². The van der Waals surface area contributed by atoms with E-state index in [9.17, 15) is 0 Å². The number of rotatable bonds is 1. The van der Waals surface area contributed by atoms with Gasteiger partial charge in [0.1, 0.15) is 0 Å². The van der Waals surface area contributed by atoms with E-state index in [1.54, 1.807) is 0 Å². The van der Waals surface area contributed by atoms with Crippen molar-refractivity contribution in [1.29, 1.82) is 0 Å². The van der Waals surface area contributed by atoms with Crippen LogP contribution in [0.3, 0.4) is 0 Å². The van der Waals surface area contributed by atoms with Crippen LogP contribution in [0.4, 0.5) is 5.69 Å². The molecule has 1 heterocycles. The largest absolute Gasteiger partial charge is 0.367 e. The molecule has 0 aliphatic carbocycles. The van der Waals surface area contributed by atoms with Gasteiger partial charge in [0.05, 0.1) is 10.7 Å². The van der Waals surface area contributed by atoms with Crippen molar-refractivity contribution < 1.29 is 0 Å². The predicted octanol–water partition coefficient (Wildman–Crippen LogP) is 3.96. The number of anilines is 1. The molecular formula is C14H20Cl2N2. The van der Waals surface area contributed by atoms with E-state index < -0.39 is 0 Å². The zero-order valence-corrected chi connectivity index (χ0v) is 12.9. The highest BCUT2D eigenvalue weighted by atomic mass is 35.5. The molecule has 1 aromatic rings. The summed E-state index contributed by atoms with van der Waals surface area (Å²) in [7, 11) is 0. The first-order valence-corrected chi connectivity index (χ1v) is 6.94. The highest BCUT2D eigenvalue weighted by Crippen LogP contribution is 2.33. The van der Waals surface area contributed by atoms with Crippen LogP contribution in [0.1, 0.15) is 27.7 Å². The van der Waals surface area contributed by atoms with Crippen molar-refractivity contribution in [2.75, 3.05) is 18.0 Å². The Kier molecular flexibility index (Phi) is 3.56. The van der Waals surface area contributed by atoms with Gasteiger partial charge in [0, 0.05) is 29.2 Å². The Morgan fingerprint density at radius 3 is 2.17 bits per heavy atom. The quantitative estimate of drug-likeness (QED) is 0.841. The highest BCUT2D eigenvalue weighted by Gasteiger charge is 2.37. The fourth-order valence-electron chi connectivity index (χ4n) is 2.90. The summed E-state index contributed by atoms with van der Waals surface area (Å²) in [6.45, 7) is 10.7. The van der Waals surface area contributed by atoms with Crippen LogP contribution in [0, 0.1) is 0 Å². The lowest BCUT2D eigenvalue weighted by molar-refractivity contribution is 0.226. The smallest absolute Gasteiger partial charge is 0.0640 e. The number of halogens is 2. The molecule has 2 rings (SSSR count). The van der Waals surface area contributed by atoms with E-state index in [2.05, 4.69) is 37.9 Å². The number of hydrogen-bond acceptors (Lipinski definition) is 2. The predicted molar refractivity (Wildman–Crippen MR) is 80.0 cm³/mol. The standard InChI is InChI=1S/C14H20Cl2N2/c1-13(2)8-18(9-14(3,4)17-13)12-7-10(15)5-6-11(12)16/h5-7,17H,8-9H2,1-4H3. The van der Waals surface area contributed by atoms with Crippen molar-refractivity contribution in [2.24, 2.45) is 0 Å². The summed E-state index contributed by atoms with van der Waals surface area (Å²) in [6, 6.07) is 5.63. The van der Waals surface area contributed by atoms with Gasteiger partial charge in [-0.25, -0.2) is 0 Å². The lowest BCUT2D eigenvalue weighted by Crippen LogP contribution is -2.67. The molecule has 4 heteroatoms. The Bertz CT molecular complexity index is 439. The molecule has 0 amide bonds. The van der Waals surface area contributed by atoms with Crippen molar-refractivity contribution in [3.05, 3.63) is 28.2 Å². The molecule has 100 valence electrons. The molecule has 1 fully saturated rings. The molecular weight excluding hydrogens is 267 g/mol. The van der Waals surface area contributed by atoms with Crippen LogP contribution in [-0.4, -0.2) is 24.2 Å². The Morgan fingerprint density at radius 2 is 1.61 bits per heavy atom. The van der Waals surface area contributed by atoms with Gasteiger partial charge in [-0.15, -0.1) is 0 Å². The Morgan fingerprint density at radius 1 is 1.06 bits per heavy atom. The van der Waals surface area contributed by atoms with E-state index in [0.29, 0.717) is 0 Å². The van der Waals surface area contributed by atoms with Gasteiger partial charge in [-0.2, -0.15) is 0 Å². The average Bonchev–Trinajstić information content (AvgIpc) is 2.17. The van der Waals surface area contributed by atoms with Gasteiger partial charge >= 0.3 is 0 Å². The minimum Gasteiger partial charge on any atom is -0.367 e. The van der Waals surface area contributed by atoms with E-state index in [-0.39, 0.29) is 11.1 Å². The van der Waals surface area contributed by atoms with E-state index in [4.69, 9.17) is 23.2 Å². The summed E-state index contributed by atoms with van der Waals surface area (Å²) in [5, 5.41) is 5.13. The molecule has 1 aliphatic rings. The minimum absolute atomic E-state index is 0.0490. The molecule has 0 radical (unpaired) electrons. The molecule has 2 nitrogen and oxygen atoms in total. The first kappa shape index (κ1) is 14.0. The van der Waals surface area contributed by atoms with E-state index in [1.807, 2.05) is 18.2 Å². The average molecular weight is 287 g/mol. The second-order valence-electron chi connectivity index (χ2n) is 6.34. The van der Waals surface area contributed by atoms with Crippen LogP contribution < -0.4 is 10.2 Å². The van der Waals surface area contributed by atoms with Gasteiger partial charge in [0.2, 0.25) is 0 Å². The van der Waals surface area contributed by atoms with Gasteiger partial charge in [-0.1, -0.05) is 23.2 Å². The molecule has 18 heavy (non-hydrogen) atoms. The van der Waals surface area contributed by atoms with Crippen molar-refractivity contribution in [1.82, 2.24) is 5.32 Å². The Balaban J connectivity index is 2.35. The third kappa shape index (κ3) is 3.11. The van der Waals surface area contributed by atoms with Gasteiger partial charge in [-0.05, 0) is 45.9 Å². The highest BCUT2D eigenvalue weighted by molar-refractivity contribution is 6.35. The van der Waals surface area contributed by atoms with Crippen LogP contribution in [0.2, 0.25) is 10.0 Å². The number of nitrogens with one attached hydrogen (secondary N) is 1. The fraction of sp³-hybridized carbons (Fsp3) is 0.571. The van der Waals surface area contributed by atoms with E-state index in [0.717, 1.165) is 28.8 Å². The summed E-state index contributed by atoms with van der Waals surface area (Å²) in [5.74, 6) is 0. The van der Waals surface area contributed by atoms with Crippen LogP contribution in [-0.2, 0) is 0 Å². The summed E-state index contributed by atoms with van der Waals surface area (Å²) >= 11 is 12.4. The molecule has 0 aromatic heterocycles. The van der Waals surface area contributed by atoms with Crippen LogP contribution in [0.5, 0.6) is 0 Å². The molecule has 0 saturated carbocycles. The molecule has 1 N–H and O–H groups in total. The summed E-state index contributed by atoms with van der Waals surface area (Å²) in [5.41, 5.74) is 1.12. The molecule has 1 aliphatic heterocycles. The van der Waals surface area contributed by atoms with Crippen LogP contribution in [0.25, 0.3) is 0 Å². The lowest BCUT2D eigenvalue weighted by atomic mass is 9.91. The maximum absolute atomic E-state index is 6.30. The SMILES string of the molecule is CC1(C)CN(c2cc(Cl)ccc2Cl)CC(C)(C)N1. The molecule has 1 saturated heterocycles. The van der Waals surface area contributed by atoms with Crippen LogP contribution in [0.15, 0.2) is 18.2 Å². The monoisotopic (exact) mass is 286 g/mol. The number of nitrogens with zero attached hydrogens (tertiary/aromatic N) is 1. The van der Waals surface area contributed by atoms with Crippen molar-refractivity contribution in [2.45, 2.75) is 38.8 Å². The summed E-state index contributed by atoms with van der Waals surface area (Å²) in [6.07, 6.45) is 0. The zero-order chi connectivity index (χ0) is 13.6. The lowest BCUT2D eigenvalue weighted by Gasteiger charge is -2.49. The maximum Gasteiger partial charge on any atom is 0.0640 e. The van der Waals surface area contributed by atoms with E-state index >= 15 is 0 Å². The zero-order valence-electron chi connectivity index (χ0n) is 11.3. The van der Waals surface area contributed by atoms with Crippen molar-refractivity contribution >= 4 is 28.9 Å². The molecule has 1 aromatic carbocycles. The van der Waals surface area contributed by atoms with Gasteiger partial charge in [-0.3, -0.25) is 0 Å².